The average Bonchev–Trinajstić information content (AvgIpc) is 2.62. The molecule has 146 valence electrons. The zero-order valence-corrected chi connectivity index (χ0v) is 16.9. The van der Waals surface area contributed by atoms with Gasteiger partial charge in [0.2, 0.25) is 15.9 Å². The van der Waals surface area contributed by atoms with E-state index in [4.69, 9.17) is 4.74 Å². The fourth-order valence-corrected chi connectivity index (χ4v) is 3.35. The second-order valence-corrected chi connectivity index (χ2v) is 8.56. The number of hydrogen-bond donors (Lipinski definition) is 1. The van der Waals surface area contributed by atoms with E-state index < -0.39 is 10.0 Å². The van der Waals surface area contributed by atoms with Gasteiger partial charge in [0, 0.05) is 6.54 Å². The molecule has 0 aromatic heterocycles. The number of sulfonamides is 1. The van der Waals surface area contributed by atoms with Crippen LogP contribution < -0.4 is 10.1 Å². The van der Waals surface area contributed by atoms with Crippen molar-refractivity contribution in [1.29, 1.82) is 0 Å². The molecular formula is C20H26N2O4S. The molecule has 0 heterocycles. The first-order valence-electron chi connectivity index (χ1n) is 8.63. The van der Waals surface area contributed by atoms with Crippen LogP contribution in [0.15, 0.2) is 48.5 Å². The van der Waals surface area contributed by atoms with Gasteiger partial charge in [-0.05, 0) is 37.1 Å². The zero-order chi connectivity index (χ0) is 20.0. The number of nitrogens with one attached hydrogen (secondary N) is 1. The highest BCUT2D eigenvalue weighted by Gasteiger charge is 2.21. The van der Waals surface area contributed by atoms with Crippen molar-refractivity contribution in [1.82, 2.24) is 9.62 Å². The number of benzene rings is 2. The van der Waals surface area contributed by atoms with Gasteiger partial charge in [-0.15, -0.1) is 0 Å². The van der Waals surface area contributed by atoms with Gasteiger partial charge >= 0.3 is 0 Å². The normalized spacial score (nSPS) is 12.6. The summed E-state index contributed by atoms with van der Waals surface area (Å²) in [7, 11) is -1.93. The van der Waals surface area contributed by atoms with Gasteiger partial charge in [-0.2, -0.15) is 4.31 Å². The maximum atomic E-state index is 12.4. The maximum absolute atomic E-state index is 12.4. The van der Waals surface area contributed by atoms with Gasteiger partial charge in [-0.25, -0.2) is 8.42 Å². The first kappa shape index (κ1) is 20.9. The van der Waals surface area contributed by atoms with E-state index in [2.05, 4.69) is 5.32 Å². The summed E-state index contributed by atoms with van der Waals surface area (Å²) in [6.45, 7) is 3.74. The first-order chi connectivity index (χ1) is 12.7. The van der Waals surface area contributed by atoms with E-state index in [1.54, 1.807) is 7.11 Å². The highest BCUT2D eigenvalue weighted by molar-refractivity contribution is 7.88. The standard InChI is InChI=1S/C20H26N2O4S/c1-15-5-7-17(8-6-15)13-22(27(4,24)25)14-20(23)21-16(2)18-9-11-19(26-3)12-10-18/h5-12,16H,13-14H2,1-4H3,(H,21,23)/t16-/m0/s1. The Kier molecular flexibility index (Phi) is 6.98. The molecule has 0 radical (unpaired) electrons. The summed E-state index contributed by atoms with van der Waals surface area (Å²) in [6.07, 6.45) is 1.11. The van der Waals surface area contributed by atoms with Crippen LogP contribution in [0.2, 0.25) is 0 Å². The van der Waals surface area contributed by atoms with Crippen LogP contribution >= 0.6 is 0 Å². The Hall–Kier alpha value is -2.38. The minimum absolute atomic E-state index is 0.156. The largest absolute Gasteiger partial charge is 0.497 e. The molecule has 2 aromatic rings. The lowest BCUT2D eigenvalue weighted by atomic mass is 10.1. The van der Waals surface area contributed by atoms with Gasteiger partial charge < -0.3 is 10.1 Å². The van der Waals surface area contributed by atoms with Gasteiger partial charge in [0.15, 0.2) is 0 Å². The molecule has 1 N–H and O–H groups in total. The third kappa shape index (κ3) is 6.37. The molecule has 0 aliphatic heterocycles. The second kappa shape index (κ2) is 9.01. The monoisotopic (exact) mass is 390 g/mol. The highest BCUT2D eigenvalue weighted by Crippen LogP contribution is 2.17. The number of carbonyl (C=O) groups excluding carboxylic acids is 1. The van der Waals surface area contributed by atoms with E-state index in [0.29, 0.717) is 0 Å². The molecule has 0 fully saturated rings. The first-order valence-corrected chi connectivity index (χ1v) is 10.5. The van der Waals surface area contributed by atoms with Crippen LogP contribution in [0.5, 0.6) is 5.75 Å². The Morgan fingerprint density at radius 1 is 1.11 bits per heavy atom. The number of methoxy groups -OCH3 is 1. The SMILES string of the molecule is COc1ccc([C@H](C)NC(=O)CN(Cc2ccc(C)cc2)S(C)(=O)=O)cc1. The molecular weight excluding hydrogens is 364 g/mol. The highest BCUT2D eigenvalue weighted by atomic mass is 32.2. The van der Waals surface area contributed by atoms with E-state index in [9.17, 15) is 13.2 Å². The van der Waals surface area contributed by atoms with E-state index in [1.807, 2.05) is 62.4 Å². The molecule has 0 unspecified atom stereocenters. The van der Waals surface area contributed by atoms with Crippen LogP contribution in [0.3, 0.4) is 0 Å². The molecule has 2 aromatic carbocycles. The van der Waals surface area contributed by atoms with Gasteiger partial charge in [-0.3, -0.25) is 4.79 Å². The van der Waals surface area contributed by atoms with Crippen molar-refractivity contribution in [3.63, 3.8) is 0 Å². The maximum Gasteiger partial charge on any atom is 0.235 e. The third-order valence-electron chi connectivity index (χ3n) is 4.26. The fourth-order valence-electron chi connectivity index (χ4n) is 2.61. The summed E-state index contributed by atoms with van der Waals surface area (Å²) in [5.41, 5.74) is 2.84. The lowest BCUT2D eigenvalue weighted by molar-refractivity contribution is -0.122. The van der Waals surface area contributed by atoms with Crippen LogP contribution in [-0.4, -0.2) is 38.5 Å². The Morgan fingerprint density at radius 2 is 1.70 bits per heavy atom. The van der Waals surface area contributed by atoms with Gasteiger partial charge in [0.25, 0.3) is 0 Å². The summed E-state index contributed by atoms with van der Waals surface area (Å²) in [4.78, 5) is 12.4. The zero-order valence-electron chi connectivity index (χ0n) is 16.1. The van der Waals surface area contributed by atoms with E-state index in [0.717, 1.165) is 28.7 Å². The quantitative estimate of drug-likeness (QED) is 0.752. The van der Waals surface area contributed by atoms with Crippen molar-refractivity contribution in [3.8, 4) is 5.75 Å². The van der Waals surface area contributed by atoms with Crippen molar-refractivity contribution in [2.24, 2.45) is 0 Å². The van der Waals surface area contributed by atoms with Crippen molar-refractivity contribution in [2.45, 2.75) is 26.4 Å². The summed E-state index contributed by atoms with van der Waals surface area (Å²) in [5.74, 6) is 0.384. The van der Waals surface area contributed by atoms with E-state index in [-0.39, 0.29) is 25.0 Å². The molecule has 0 aliphatic rings. The van der Waals surface area contributed by atoms with Crippen molar-refractivity contribution >= 4 is 15.9 Å². The Balaban J connectivity index is 2.03. The van der Waals surface area contributed by atoms with Crippen molar-refractivity contribution < 1.29 is 17.9 Å². The third-order valence-corrected chi connectivity index (χ3v) is 5.46. The molecule has 6 nitrogen and oxygen atoms in total. The molecule has 0 saturated heterocycles. The number of rotatable bonds is 8. The van der Waals surface area contributed by atoms with Gasteiger partial charge in [0.1, 0.15) is 5.75 Å². The van der Waals surface area contributed by atoms with Crippen molar-refractivity contribution in [3.05, 3.63) is 65.2 Å². The van der Waals surface area contributed by atoms with Crippen LogP contribution in [0.1, 0.15) is 29.7 Å². The molecule has 7 heteroatoms. The lowest BCUT2D eigenvalue weighted by Crippen LogP contribution is -2.40. The number of carbonyl (C=O) groups is 1. The Morgan fingerprint density at radius 3 is 2.22 bits per heavy atom. The fraction of sp³-hybridized carbons (Fsp3) is 0.350. The molecule has 0 spiro atoms. The summed E-state index contributed by atoms with van der Waals surface area (Å²) >= 11 is 0. The minimum atomic E-state index is -3.52. The number of aryl methyl sites for hydroxylation is 1. The Bertz CT molecular complexity index is 862. The van der Waals surface area contributed by atoms with E-state index >= 15 is 0 Å². The number of ether oxygens (including phenoxy) is 1. The molecule has 27 heavy (non-hydrogen) atoms. The second-order valence-electron chi connectivity index (χ2n) is 6.58. The lowest BCUT2D eigenvalue weighted by Gasteiger charge is -2.21. The molecule has 1 amide bonds. The van der Waals surface area contributed by atoms with Gasteiger partial charge in [0.05, 0.1) is 26.0 Å². The predicted octanol–water partition coefficient (Wildman–Crippen LogP) is 2.64. The number of amides is 1. The van der Waals surface area contributed by atoms with Gasteiger partial charge in [-0.1, -0.05) is 42.0 Å². The summed E-state index contributed by atoms with van der Waals surface area (Å²) in [6, 6.07) is 14.7. The Labute approximate surface area is 161 Å². The molecule has 1 atom stereocenters. The molecule has 0 bridgehead atoms. The van der Waals surface area contributed by atoms with Crippen LogP contribution in [0.4, 0.5) is 0 Å². The topological polar surface area (TPSA) is 75.7 Å². The summed E-state index contributed by atoms with van der Waals surface area (Å²) < 4.78 is 30.5. The van der Waals surface area contributed by atoms with Crippen molar-refractivity contribution in [2.75, 3.05) is 19.9 Å². The molecule has 0 saturated carbocycles. The smallest absolute Gasteiger partial charge is 0.235 e. The molecule has 0 aliphatic carbocycles. The number of hydrogen-bond acceptors (Lipinski definition) is 4. The minimum Gasteiger partial charge on any atom is -0.497 e. The van der Waals surface area contributed by atoms with Crippen LogP contribution in [0, 0.1) is 6.92 Å². The molecule has 2 rings (SSSR count). The van der Waals surface area contributed by atoms with Crippen LogP contribution in [-0.2, 0) is 21.4 Å². The average molecular weight is 391 g/mol. The van der Waals surface area contributed by atoms with Crippen LogP contribution in [0.25, 0.3) is 0 Å². The number of nitrogens with zero attached hydrogens (tertiary/aromatic N) is 1. The summed E-state index contributed by atoms with van der Waals surface area (Å²) in [5, 5.41) is 2.85. The van der Waals surface area contributed by atoms with E-state index in [1.165, 1.54) is 4.31 Å². The predicted molar refractivity (Wildman–Crippen MR) is 106 cm³/mol.